The molecule has 1 saturated carbocycles. The van der Waals surface area contributed by atoms with Crippen molar-refractivity contribution < 1.29 is 19.5 Å². The number of hydrogen-bond acceptors (Lipinski definition) is 5. The highest BCUT2D eigenvalue weighted by Gasteiger charge is 2.26. The average Bonchev–Trinajstić information content (AvgIpc) is 3.41. The lowest BCUT2D eigenvalue weighted by Crippen LogP contribution is -2.34. The van der Waals surface area contributed by atoms with Gasteiger partial charge in [-0.15, -0.1) is 0 Å². The second-order valence-corrected chi connectivity index (χ2v) is 6.83. The number of carboxylic acid groups (broad SMARTS) is 1. The zero-order chi connectivity index (χ0) is 20.3. The molecule has 28 heavy (non-hydrogen) atoms. The summed E-state index contributed by atoms with van der Waals surface area (Å²) < 4.78 is 2.70. The largest absolute Gasteiger partial charge is 0.477 e. The molecule has 0 bridgehead atoms. The summed E-state index contributed by atoms with van der Waals surface area (Å²) in [5.74, 6) is -1.99. The minimum absolute atomic E-state index is 0.0916. The first-order valence-corrected chi connectivity index (χ1v) is 9.36. The Morgan fingerprint density at radius 3 is 2.68 bits per heavy atom. The third kappa shape index (κ3) is 4.05. The van der Waals surface area contributed by atoms with Gasteiger partial charge in [0.1, 0.15) is 11.7 Å². The standard InChI is InChI=1S/C18H24N6O4/c1-3-23-10-13(15(22-23)17(26)20-12-6-4-5-7-12)21-16(25)11(2)24-14(18(27)28)8-9-19-24/h8-12H,3-7H2,1-2H3,(H,20,26)(H,21,25)(H,27,28). The van der Waals surface area contributed by atoms with Gasteiger partial charge in [0.2, 0.25) is 5.91 Å². The van der Waals surface area contributed by atoms with Crippen molar-refractivity contribution in [2.75, 3.05) is 5.32 Å². The van der Waals surface area contributed by atoms with Crippen molar-refractivity contribution in [3.8, 4) is 0 Å². The average molecular weight is 388 g/mol. The number of nitrogens with one attached hydrogen (secondary N) is 2. The number of aryl methyl sites for hydroxylation is 1. The topological polar surface area (TPSA) is 131 Å². The van der Waals surface area contributed by atoms with E-state index in [9.17, 15) is 19.5 Å². The van der Waals surface area contributed by atoms with Crippen LogP contribution in [-0.2, 0) is 11.3 Å². The van der Waals surface area contributed by atoms with E-state index in [-0.39, 0.29) is 23.3 Å². The number of hydrogen-bond donors (Lipinski definition) is 3. The summed E-state index contributed by atoms with van der Waals surface area (Å²) >= 11 is 0. The fourth-order valence-electron chi connectivity index (χ4n) is 3.31. The van der Waals surface area contributed by atoms with Crippen molar-refractivity contribution in [2.24, 2.45) is 0 Å². The first-order valence-electron chi connectivity index (χ1n) is 9.36. The van der Waals surface area contributed by atoms with Crippen LogP contribution in [0.2, 0.25) is 0 Å². The Kier molecular flexibility index (Phi) is 5.76. The molecule has 1 unspecified atom stereocenters. The predicted octanol–water partition coefficient (Wildman–Crippen LogP) is 1.67. The molecule has 1 aliphatic carbocycles. The van der Waals surface area contributed by atoms with Crippen molar-refractivity contribution in [3.05, 3.63) is 29.8 Å². The van der Waals surface area contributed by atoms with Gasteiger partial charge in [0.15, 0.2) is 5.69 Å². The maximum Gasteiger partial charge on any atom is 0.354 e. The lowest BCUT2D eigenvalue weighted by Gasteiger charge is -2.15. The molecule has 1 aliphatic rings. The Morgan fingerprint density at radius 2 is 2.04 bits per heavy atom. The van der Waals surface area contributed by atoms with Crippen LogP contribution in [0.4, 0.5) is 5.69 Å². The van der Waals surface area contributed by atoms with Crippen LogP contribution < -0.4 is 10.6 Å². The Morgan fingerprint density at radius 1 is 1.32 bits per heavy atom. The highest BCUT2D eigenvalue weighted by molar-refractivity contribution is 6.03. The third-order valence-electron chi connectivity index (χ3n) is 4.88. The Labute approximate surface area is 161 Å². The van der Waals surface area contributed by atoms with E-state index >= 15 is 0 Å². The summed E-state index contributed by atoms with van der Waals surface area (Å²) in [6.07, 6.45) is 6.97. The number of amides is 2. The van der Waals surface area contributed by atoms with E-state index in [0.717, 1.165) is 30.4 Å². The van der Waals surface area contributed by atoms with E-state index < -0.39 is 17.9 Å². The zero-order valence-corrected chi connectivity index (χ0v) is 15.9. The van der Waals surface area contributed by atoms with Gasteiger partial charge in [-0.3, -0.25) is 14.3 Å². The number of rotatable bonds is 7. The second-order valence-electron chi connectivity index (χ2n) is 6.83. The summed E-state index contributed by atoms with van der Waals surface area (Å²) in [7, 11) is 0. The molecule has 0 radical (unpaired) electrons. The van der Waals surface area contributed by atoms with Crippen LogP contribution in [0.5, 0.6) is 0 Å². The first kappa shape index (κ1) is 19.6. The van der Waals surface area contributed by atoms with Crippen LogP contribution in [0, 0.1) is 0 Å². The van der Waals surface area contributed by atoms with Gasteiger partial charge in [-0.1, -0.05) is 12.8 Å². The van der Waals surface area contributed by atoms with E-state index in [1.807, 2.05) is 6.92 Å². The fourth-order valence-corrected chi connectivity index (χ4v) is 3.31. The Hall–Kier alpha value is -3.17. The Bertz CT molecular complexity index is 881. The smallest absolute Gasteiger partial charge is 0.354 e. The highest BCUT2D eigenvalue weighted by Crippen LogP contribution is 2.21. The summed E-state index contributed by atoms with van der Waals surface area (Å²) in [5, 5.41) is 23.0. The first-order chi connectivity index (χ1) is 13.4. The van der Waals surface area contributed by atoms with E-state index in [2.05, 4.69) is 20.8 Å². The van der Waals surface area contributed by atoms with Gasteiger partial charge in [-0.05, 0) is 32.8 Å². The van der Waals surface area contributed by atoms with Crippen molar-refractivity contribution in [1.29, 1.82) is 0 Å². The van der Waals surface area contributed by atoms with Crippen LogP contribution in [-0.4, -0.2) is 48.5 Å². The van der Waals surface area contributed by atoms with Crippen molar-refractivity contribution >= 4 is 23.5 Å². The molecule has 10 heteroatoms. The second kappa shape index (κ2) is 8.24. The van der Waals surface area contributed by atoms with Crippen LogP contribution in [0.15, 0.2) is 18.5 Å². The SMILES string of the molecule is CCn1cc(NC(=O)C(C)n2nccc2C(=O)O)c(C(=O)NC2CCCC2)n1. The fraction of sp³-hybridized carbons (Fsp3) is 0.500. The lowest BCUT2D eigenvalue weighted by atomic mass is 10.2. The minimum atomic E-state index is -1.17. The number of carboxylic acids is 1. The van der Waals surface area contributed by atoms with Crippen molar-refractivity contribution in [3.63, 3.8) is 0 Å². The number of carbonyl (C=O) groups excluding carboxylic acids is 2. The van der Waals surface area contributed by atoms with Gasteiger partial charge in [0.25, 0.3) is 5.91 Å². The van der Waals surface area contributed by atoms with E-state index in [0.29, 0.717) is 12.2 Å². The van der Waals surface area contributed by atoms with Gasteiger partial charge < -0.3 is 15.7 Å². The molecule has 3 rings (SSSR count). The van der Waals surface area contributed by atoms with Gasteiger partial charge in [-0.2, -0.15) is 10.2 Å². The number of aromatic carboxylic acids is 1. The Balaban J connectivity index is 1.78. The molecule has 2 heterocycles. The highest BCUT2D eigenvalue weighted by atomic mass is 16.4. The molecule has 1 fully saturated rings. The van der Waals surface area contributed by atoms with E-state index in [4.69, 9.17) is 0 Å². The summed E-state index contributed by atoms with van der Waals surface area (Å²) in [6, 6.07) is 0.572. The van der Waals surface area contributed by atoms with Crippen molar-refractivity contribution in [2.45, 2.75) is 58.2 Å². The zero-order valence-electron chi connectivity index (χ0n) is 15.9. The van der Waals surface area contributed by atoms with E-state index in [1.54, 1.807) is 10.9 Å². The number of nitrogens with zero attached hydrogens (tertiary/aromatic N) is 4. The van der Waals surface area contributed by atoms with Crippen LogP contribution in [0.25, 0.3) is 0 Å². The molecule has 3 N–H and O–H groups in total. The van der Waals surface area contributed by atoms with Gasteiger partial charge in [-0.25, -0.2) is 9.48 Å². The molecular formula is C18H24N6O4. The number of anilines is 1. The summed E-state index contributed by atoms with van der Waals surface area (Å²) in [6.45, 7) is 3.96. The molecular weight excluding hydrogens is 364 g/mol. The molecule has 2 aromatic heterocycles. The number of carbonyl (C=O) groups is 3. The molecule has 2 aromatic rings. The monoisotopic (exact) mass is 388 g/mol. The van der Waals surface area contributed by atoms with Crippen LogP contribution in [0.3, 0.4) is 0 Å². The molecule has 10 nitrogen and oxygen atoms in total. The molecule has 0 saturated heterocycles. The third-order valence-corrected chi connectivity index (χ3v) is 4.88. The van der Waals surface area contributed by atoms with Crippen LogP contribution >= 0.6 is 0 Å². The van der Waals surface area contributed by atoms with Gasteiger partial charge in [0, 0.05) is 25.0 Å². The number of aromatic nitrogens is 4. The molecule has 1 atom stereocenters. The van der Waals surface area contributed by atoms with Gasteiger partial charge >= 0.3 is 5.97 Å². The van der Waals surface area contributed by atoms with Crippen molar-refractivity contribution in [1.82, 2.24) is 24.9 Å². The molecule has 2 amide bonds. The summed E-state index contributed by atoms with van der Waals surface area (Å²) in [5.41, 5.74) is 0.345. The molecule has 0 aromatic carbocycles. The maximum absolute atomic E-state index is 12.7. The molecule has 150 valence electrons. The van der Waals surface area contributed by atoms with E-state index in [1.165, 1.54) is 19.2 Å². The maximum atomic E-state index is 12.7. The van der Waals surface area contributed by atoms with Crippen LogP contribution in [0.1, 0.15) is 66.5 Å². The minimum Gasteiger partial charge on any atom is -0.477 e. The lowest BCUT2D eigenvalue weighted by molar-refractivity contribution is -0.119. The summed E-state index contributed by atoms with van der Waals surface area (Å²) in [4.78, 5) is 36.6. The molecule has 0 spiro atoms. The quantitative estimate of drug-likeness (QED) is 0.661. The van der Waals surface area contributed by atoms with Gasteiger partial charge in [0.05, 0.1) is 5.69 Å². The predicted molar refractivity (Wildman–Crippen MR) is 100 cm³/mol. The normalized spacial score (nSPS) is 15.4. The molecule has 0 aliphatic heterocycles.